The van der Waals surface area contributed by atoms with Crippen molar-refractivity contribution in [2.45, 2.75) is 19.8 Å². The monoisotopic (exact) mass is 318 g/mol. The molecular formula is C18H26N2O3. The number of carbonyl (C=O) groups excluding carboxylic acids is 1. The van der Waals surface area contributed by atoms with Crippen molar-refractivity contribution in [2.75, 3.05) is 40.4 Å². The van der Waals surface area contributed by atoms with Gasteiger partial charge in [0.1, 0.15) is 0 Å². The molecule has 2 aliphatic rings. The summed E-state index contributed by atoms with van der Waals surface area (Å²) in [7, 11) is 3.32. The van der Waals surface area contributed by atoms with E-state index in [0.717, 1.165) is 50.5 Å². The van der Waals surface area contributed by atoms with E-state index in [4.69, 9.17) is 9.47 Å². The molecule has 5 heteroatoms. The highest BCUT2D eigenvalue weighted by Crippen LogP contribution is 2.32. The lowest BCUT2D eigenvalue weighted by Gasteiger charge is -2.34. The van der Waals surface area contributed by atoms with Crippen molar-refractivity contribution < 1.29 is 14.3 Å². The third-order valence-electron chi connectivity index (χ3n) is 5.23. The summed E-state index contributed by atoms with van der Waals surface area (Å²) in [6, 6.07) is 4.11. The van der Waals surface area contributed by atoms with Gasteiger partial charge in [-0.25, -0.2) is 0 Å². The quantitative estimate of drug-likeness (QED) is 0.914. The second kappa shape index (κ2) is 6.79. The first-order valence-electron chi connectivity index (χ1n) is 8.37. The van der Waals surface area contributed by atoms with Crippen LogP contribution in [0, 0.1) is 11.8 Å². The van der Waals surface area contributed by atoms with Gasteiger partial charge in [0.15, 0.2) is 11.5 Å². The third-order valence-corrected chi connectivity index (χ3v) is 5.23. The summed E-state index contributed by atoms with van der Waals surface area (Å²) in [5.74, 6) is 2.43. The summed E-state index contributed by atoms with van der Waals surface area (Å²) in [5, 5.41) is 3.25. The standard InChI is InChI=1S/C18H26N2O3/c1-12(15-10-19-11-15)18(21)20-6-4-13-8-16(22-2)17(23-3)9-14(13)5-7-20/h8-9,12,15,19H,4-7,10-11H2,1-3H3. The predicted molar refractivity (Wildman–Crippen MR) is 89.1 cm³/mol. The van der Waals surface area contributed by atoms with Crippen LogP contribution in [0.2, 0.25) is 0 Å². The Morgan fingerprint density at radius 1 is 1.13 bits per heavy atom. The van der Waals surface area contributed by atoms with Crippen LogP contribution < -0.4 is 14.8 Å². The Morgan fingerprint density at radius 3 is 2.04 bits per heavy atom. The van der Waals surface area contributed by atoms with Gasteiger partial charge in [-0.2, -0.15) is 0 Å². The number of fused-ring (bicyclic) bond motifs is 1. The molecule has 0 saturated carbocycles. The Morgan fingerprint density at radius 2 is 1.65 bits per heavy atom. The molecule has 5 nitrogen and oxygen atoms in total. The molecule has 0 spiro atoms. The molecule has 1 unspecified atom stereocenters. The van der Waals surface area contributed by atoms with Crippen molar-refractivity contribution in [2.24, 2.45) is 11.8 Å². The van der Waals surface area contributed by atoms with Gasteiger partial charge >= 0.3 is 0 Å². The lowest BCUT2D eigenvalue weighted by atomic mass is 9.88. The zero-order valence-corrected chi connectivity index (χ0v) is 14.2. The Labute approximate surface area is 137 Å². The second-order valence-electron chi connectivity index (χ2n) is 6.51. The third kappa shape index (κ3) is 3.15. The van der Waals surface area contributed by atoms with E-state index in [0.29, 0.717) is 11.8 Å². The van der Waals surface area contributed by atoms with Crippen LogP contribution in [0.3, 0.4) is 0 Å². The van der Waals surface area contributed by atoms with Gasteiger partial charge in [-0.15, -0.1) is 0 Å². The minimum absolute atomic E-state index is 0.113. The van der Waals surface area contributed by atoms with E-state index in [9.17, 15) is 4.79 Å². The minimum atomic E-state index is 0.113. The highest BCUT2D eigenvalue weighted by molar-refractivity contribution is 5.79. The first kappa shape index (κ1) is 16.1. The van der Waals surface area contributed by atoms with Gasteiger partial charge in [0.2, 0.25) is 5.91 Å². The van der Waals surface area contributed by atoms with E-state index in [1.807, 2.05) is 4.90 Å². The fraction of sp³-hybridized carbons (Fsp3) is 0.611. The van der Waals surface area contributed by atoms with Gasteiger partial charge < -0.3 is 19.7 Å². The Balaban J connectivity index is 1.73. The minimum Gasteiger partial charge on any atom is -0.493 e. The molecule has 0 aliphatic carbocycles. The molecule has 0 radical (unpaired) electrons. The summed E-state index contributed by atoms with van der Waals surface area (Å²) in [5.41, 5.74) is 2.52. The van der Waals surface area contributed by atoms with E-state index in [1.54, 1.807) is 14.2 Å². The van der Waals surface area contributed by atoms with Crippen molar-refractivity contribution in [1.29, 1.82) is 0 Å². The molecule has 2 heterocycles. The molecule has 2 aliphatic heterocycles. The van der Waals surface area contributed by atoms with Gasteiger partial charge in [0.25, 0.3) is 0 Å². The van der Waals surface area contributed by atoms with E-state index < -0.39 is 0 Å². The number of methoxy groups -OCH3 is 2. The summed E-state index contributed by atoms with van der Waals surface area (Å²) in [4.78, 5) is 14.8. The first-order valence-corrected chi connectivity index (χ1v) is 8.37. The number of nitrogens with one attached hydrogen (secondary N) is 1. The molecule has 3 rings (SSSR count). The number of nitrogens with zero attached hydrogens (tertiary/aromatic N) is 1. The molecule has 0 bridgehead atoms. The SMILES string of the molecule is COc1cc2c(cc1OC)CCN(C(=O)C(C)C1CNC1)CC2. The van der Waals surface area contributed by atoms with Crippen molar-refractivity contribution >= 4 is 5.91 Å². The van der Waals surface area contributed by atoms with Crippen LogP contribution in [-0.2, 0) is 17.6 Å². The maximum Gasteiger partial charge on any atom is 0.225 e. The Kier molecular flexibility index (Phi) is 4.76. The molecule has 1 aromatic rings. The lowest BCUT2D eigenvalue weighted by molar-refractivity contribution is -0.137. The largest absolute Gasteiger partial charge is 0.493 e. The zero-order chi connectivity index (χ0) is 16.4. The van der Waals surface area contributed by atoms with Crippen LogP contribution in [0.5, 0.6) is 11.5 Å². The molecule has 0 aromatic heterocycles. The van der Waals surface area contributed by atoms with Crippen LogP contribution in [0.15, 0.2) is 12.1 Å². The summed E-state index contributed by atoms with van der Waals surface area (Å²) in [6.45, 7) is 5.57. The van der Waals surface area contributed by atoms with Crippen molar-refractivity contribution in [3.8, 4) is 11.5 Å². The molecule has 126 valence electrons. The normalized spacial score (nSPS) is 19.3. The van der Waals surface area contributed by atoms with Crippen LogP contribution in [0.25, 0.3) is 0 Å². The average Bonchev–Trinajstić information content (AvgIpc) is 2.72. The topological polar surface area (TPSA) is 50.8 Å². The van der Waals surface area contributed by atoms with E-state index in [-0.39, 0.29) is 5.92 Å². The summed E-state index contributed by atoms with van der Waals surface area (Å²) >= 11 is 0. The average molecular weight is 318 g/mol. The van der Waals surface area contributed by atoms with Crippen LogP contribution >= 0.6 is 0 Å². The maximum atomic E-state index is 12.7. The van der Waals surface area contributed by atoms with Crippen LogP contribution in [0.4, 0.5) is 0 Å². The number of rotatable bonds is 4. The van der Waals surface area contributed by atoms with E-state index in [1.165, 1.54) is 11.1 Å². The Bertz CT molecular complexity index is 549. The highest BCUT2D eigenvalue weighted by Gasteiger charge is 2.32. The number of hydrogen-bond acceptors (Lipinski definition) is 4. The first-order chi connectivity index (χ1) is 11.1. The molecule has 1 aromatic carbocycles. The van der Waals surface area contributed by atoms with E-state index >= 15 is 0 Å². The lowest BCUT2D eigenvalue weighted by Crippen LogP contribution is -2.50. The van der Waals surface area contributed by atoms with Crippen molar-refractivity contribution in [1.82, 2.24) is 10.2 Å². The molecular weight excluding hydrogens is 292 g/mol. The van der Waals surface area contributed by atoms with Gasteiger partial charge in [0.05, 0.1) is 14.2 Å². The second-order valence-corrected chi connectivity index (χ2v) is 6.51. The smallest absolute Gasteiger partial charge is 0.225 e. The van der Waals surface area contributed by atoms with Crippen molar-refractivity contribution in [3.05, 3.63) is 23.3 Å². The Hall–Kier alpha value is -1.75. The molecule has 1 amide bonds. The maximum absolute atomic E-state index is 12.7. The van der Waals surface area contributed by atoms with Crippen LogP contribution in [0.1, 0.15) is 18.1 Å². The number of carbonyl (C=O) groups is 1. The number of hydrogen-bond donors (Lipinski definition) is 1. The number of ether oxygens (including phenoxy) is 2. The molecule has 1 fully saturated rings. The fourth-order valence-electron chi connectivity index (χ4n) is 3.43. The summed E-state index contributed by atoms with van der Waals surface area (Å²) < 4.78 is 10.8. The highest BCUT2D eigenvalue weighted by atomic mass is 16.5. The van der Waals surface area contributed by atoms with Gasteiger partial charge in [0, 0.05) is 19.0 Å². The molecule has 1 atom stereocenters. The van der Waals surface area contributed by atoms with Gasteiger partial charge in [-0.1, -0.05) is 6.92 Å². The van der Waals surface area contributed by atoms with Crippen molar-refractivity contribution in [3.63, 3.8) is 0 Å². The number of benzene rings is 1. The number of amides is 1. The van der Waals surface area contributed by atoms with E-state index in [2.05, 4.69) is 24.4 Å². The molecule has 1 saturated heterocycles. The van der Waals surface area contributed by atoms with Gasteiger partial charge in [-0.05, 0) is 55.1 Å². The predicted octanol–water partition coefficient (Wildman–Crippen LogP) is 1.49. The summed E-state index contributed by atoms with van der Waals surface area (Å²) in [6.07, 6.45) is 1.74. The van der Waals surface area contributed by atoms with Crippen LogP contribution in [-0.4, -0.2) is 51.2 Å². The zero-order valence-electron chi connectivity index (χ0n) is 14.2. The molecule has 23 heavy (non-hydrogen) atoms. The molecule has 1 N–H and O–H groups in total. The fourth-order valence-corrected chi connectivity index (χ4v) is 3.43. The van der Waals surface area contributed by atoms with Gasteiger partial charge in [-0.3, -0.25) is 4.79 Å².